The topological polar surface area (TPSA) is 190 Å². The van der Waals surface area contributed by atoms with Crippen molar-refractivity contribution in [2.24, 2.45) is 23.1 Å². The van der Waals surface area contributed by atoms with Gasteiger partial charge in [-0.2, -0.15) is 0 Å². The van der Waals surface area contributed by atoms with Crippen LogP contribution < -0.4 is 17.2 Å². The Hall–Kier alpha value is -1.71. The first-order valence-corrected chi connectivity index (χ1v) is 5.84. The van der Waals surface area contributed by atoms with Crippen molar-refractivity contribution in [2.45, 2.75) is 39.3 Å². The number of carboxylic acid groups (broad SMARTS) is 3. The second-order valence-corrected chi connectivity index (χ2v) is 4.30. The summed E-state index contributed by atoms with van der Waals surface area (Å²) in [5.41, 5.74) is 14.6. The molecule has 9 N–H and O–H groups in total. The Balaban J connectivity index is -0.000000230. The first-order chi connectivity index (χ1) is 8.95. The van der Waals surface area contributed by atoms with Crippen molar-refractivity contribution in [1.82, 2.24) is 0 Å². The lowest BCUT2D eigenvalue weighted by Gasteiger charge is -2.07. The summed E-state index contributed by atoms with van der Waals surface area (Å²) in [6, 6.07) is -1.42. The van der Waals surface area contributed by atoms with E-state index in [0.717, 1.165) is 0 Å². The molecule has 0 rings (SSSR count). The number of carboxylic acids is 3. The van der Waals surface area contributed by atoms with Crippen molar-refractivity contribution in [3.63, 3.8) is 0 Å². The predicted molar refractivity (Wildman–Crippen MR) is 73.0 cm³/mol. The van der Waals surface area contributed by atoms with Gasteiger partial charge in [0.05, 0.1) is 6.54 Å². The van der Waals surface area contributed by atoms with Gasteiger partial charge in [-0.05, 0) is 19.3 Å². The quantitative estimate of drug-likeness (QED) is 0.365. The Morgan fingerprint density at radius 3 is 1.30 bits per heavy atom. The average molecular weight is 295 g/mol. The first kappa shape index (κ1) is 23.4. The average Bonchev–Trinajstić information content (AvgIpc) is 2.29. The third-order valence-electron chi connectivity index (χ3n) is 1.61. The molecular formula is C11H25N3O6. The van der Waals surface area contributed by atoms with Crippen molar-refractivity contribution < 1.29 is 29.7 Å². The molecule has 2 atom stereocenters. The SMILES string of the molecule is CC(C)CC(N)C(=O)O.CC(N)C(=O)O.NCC(=O)O. The molecule has 0 amide bonds. The summed E-state index contributed by atoms with van der Waals surface area (Å²) >= 11 is 0. The van der Waals surface area contributed by atoms with Gasteiger partial charge >= 0.3 is 17.9 Å². The maximum Gasteiger partial charge on any atom is 0.320 e. The summed E-state index contributed by atoms with van der Waals surface area (Å²) < 4.78 is 0. The smallest absolute Gasteiger partial charge is 0.320 e. The molecule has 0 radical (unpaired) electrons. The number of hydrogen-bond acceptors (Lipinski definition) is 6. The summed E-state index contributed by atoms with van der Waals surface area (Å²) in [7, 11) is 0. The highest BCUT2D eigenvalue weighted by molar-refractivity contribution is 5.73. The molecule has 9 nitrogen and oxygen atoms in total. The maximum absolute atomic E-state index is 10.1. The molecule has 0 aromatic heterocycles. The normalized spacial score (nSPS) is 12.2. The molecule has 0 aliphatic carbocycles. The number of aliphatic carboxylic acids is 3. The van der Waals surface area contributed by atoms with Gasteiger partial charge in [0.25, 0.3) is 0 Å². The molecule has 2 unspecified atom stereocenters. The van der Waals surface area contributed by atoms with E-state index >= 15 is 0 Å². The lowest BCUT2D eigenvalue weighted by Crippen LogP contribution is -2.31. The Labute approximate surface area is 117 Å². The maximum atomic E-state index is 10.1. The number of rotatable bonds is 5. The number of nitrogens with two attached hydrogens (primary N) is 3. The zero-order valence-corrected chi connectivity index (χ0v) is 11.9. The minimum Gasteiger partial charge on any atom is -0.480 e. The van der Waals surface area contributed by atoms with Gasteiger partial charge in [-0.3, -0.25) is 14.4 Å². The van der Waals surface area contributed by atoms with Gasteiger partial charge in [-0.15, -0.1) is 0 Å². The van der Waals surface area contributed by atoms with Crippen molar-refractivity contribution in [3.8, 4) is 0 Å². The second kappa shape index (κ2) is 13.7. The summed E-state index contributed by atoms with van der Waals surface area (Å²) in [6.07, 6.45) is 0.551. The van der Waals surface area contributed by atoms with E-state index < -0.39 is 30.0 Å². The number of carbonyl (C=O) groups is 3. The van der Waals surface area contributed by atoms with Crippen LogP contribution in [0.25, 0.3) is 0 Å². The minimum atomic E-state index is -0.968. The molecule has 0 fully saturated rings. The van der Waals surface area contributed by atoms with Crippen LogP contribution in [0.3, 0.4) is 0 Å². The lowest BCUT2D eigenvalue weighted by molar-refractivity contribution is -0.139. The lowest BCUT2D eigenvalue weighted by atomic mass is 10.1. The number of hydrogen-bond donors (Lipinski definition) is 6. The second-order valence-electron chi connectivity index (χ2n) is 4.30. The van der Waals surface area contributed by atoms with E-state index in [4.69, 9.17) is 26.8 Å². The minimum absolute atomic E-state index is 0.278. The van der Waals surface area contributed by atoms with Gasteiger partial charge in [-0.1, -0.05) is 13.8 Å². The zero-order chi connectivity index (χ0) is 16.9. The van der Waals surface area contributed by atoms with Gasteiger partial charge in [0.15, 0.2) is 0 Å². The monoisotopic (exact) mass is 295 g/mol. The molecule has 0 saturated carbocycles. The van der Waals surface area contributed by atoms with Crippen LogP contribution in [-0.2, 0) is 14.4 Å². The van der Waals surface area contributed by atoms with Gasteiger partial charge in [0.1, 0.15) is 12.1 Å². The molecular weight excluding hydrogens is 270 g/mol. The van der Waals surface area contributed by atoms with Crippen LogP contribution in [0.5, 0.6) is 0 Å². The van der Waals surface area contributed by atoms with E-state index in [9.17, 15) is 14.4 Å². The van der Waals surface area contributed by atoms with E-state index in [0.29, 0.717) is 12.3 Å². The molecule has 0 aromatic rings. The largest absolute Gasteiger partial charge is 0.480 e. The van der Waals surface area contributed by atoms with Crippen LogP contribution >= 0.6 is 0 Å². The van der Waals surface area contributed by atoms with Crippen LogP contribution in [0, 0.1) is 5.92 Å². The molecule has 20 heavy (non-hydrogen) atoms. The van der Waals surface area contributed by atoms with E-state index in [-0.39, 0.29) is 6.54 Å². The summed E-state index contributed by atoms with van der Waals surface area (Å²) in [6.45, 7) is 5.04. The predicted octanol–water partition coefficient (Wildman–Crippen LogP) is -1.11. The van der Waals surface area contributed by atoms with Gasteiger partial charge in [0.2, 0.25) is 0 Å². The van der Waals surface area contributed by atoms with Gasteiger partial charge in [-0.25, -0.2) is 0 Å². The van der Waals surface area contributed by atoms with Crippen molar-refractivity contribution >= 4 is 17.9 Å². The molecule has 0 aromatic carbocycles. The standard InChI is InChI=1S/C6H13NO2.C3H7NO2.C2H5NO2/c1-4(2)3-5(7)6(8)9;1-2(4)3(5)6;3-1-2(4)5/h4-5H,3,7H2,1-2H3,(H,8,9);2H,4H2,1H3,(H,5,6);1,3H2,(H,4,5). The summed E-state index contributed by atoms with van der Waals surface area (Å²) in [5, 5.41) is 23.8. The van der Waals surface area contributed by atoms with E-state index in [1.807, 2.05) is 13.8 Å². The fraction of sp³-hybridized carbons (Fsp3) is 0.727. The molecule has 0 aliphatic heterocycles. The zero-order valence-electron chi connectivity index (χ0n) is 11.9. The van der Waals surface area contributed by atoms with Crippen molar-refractivity contribution in [2.75, 3.05) is 6.54 Å². The highest BCUT2D eigenvalue weighted by Crippen LogP contribution is 2.01. The Bertz CT molecular complexity index is 294. The van der Waals surface area contributed by atoms with E-state index in [1.165, 1.54) is 6.92 Å². The molecule has 0 aliphatic rings. The van der Waals surface area contributed by atoms with Crippen LogP contribution in [-0.4, -0.2) is 51.9 Å². The van der Waals surface area contributed by atoms with Crippen LogP contribution in [0.1, 0.15) is 27.2 Å². The highest BCUT2D eigenvalue weighted by atomic mass is 16.4. The fourth-order valence-corrected chi connectivity index (χ4v) is 0.609. The van der Waals surface area contributed by atoms with Crippen molar-refractivity contribution in [1.29, 1.82) is 0 Å². The molecule has 0 saturated heterocycles. The Kier molecular flexibility index (Phi) is 16.0. The van der Waals surface area contributed by atoms with E-state index in [2.05, 4.69) is 5.73 Å². The van der Waals surface area contributed by atoms with Crippen LogP contribution in [0.4, 0.5) is 0 Å². The first-order valence-electron chi connectivity index (χ1n) is 5.84. The van der Waals surface area contributed by atoms with E-state index in [1.54, 1.807) is 0 Å². The summed E-state index contributed by atoms with van der Waals surface area (Å²) in [5.74, 6) is -2.49. The molecule has 120 valence electrons. The molecule has 0 bridgehead atoms. The van der Waals surface area contributed by atoms with Crippen LogP contribution in [0.2, 0.25) is 0 Å². The Morgan fingerprint density at radius 1 is 0.950 bits per heavy atom. The highest BCUT2D eigenvalue weighted by Gasteiger charge is 2.11. The third kappa shape index (κ3) is 25.2. The Morgan fingerprint density at radius 2 is 1.25 bits per heavy atom. The third-order valence-corrected chi connectivity index (χ3v) is 1.61. The molecule has 0 spiro atoms. The van der Waals surface area contributed by atoms with Crippen LogP contribution in [0.15, 0.2) is 0 Å². The fourth-order valence-electron chi connectivity index (χ4n) is 0.609. The van der Waals surface area contributed by atoms with Gasteiger partial charge in [0, 0.05) is 0 Å². The summed E-state index contributed by atoms with van der Waals surface area (Å²) in [4.78, 5) is 28.9. The molecule has 9 heteroatoms. The van der Waals surface area contributed by atoms with Crippen molar-refractivity contribution in [3.05, 3.63) is 0 Å². The molecule has 0 heterocycles. The van der Waals surface area contributed by atoms with Gasteiger partial charge < -0.3 is 32.5 Å².